The number of para-hydroxylation sites is 2. The summed E-state index contributed by atoms with van der Waals surface area (Å²) < 4.78 is 0. The summed E-state index contributed by atoms with van der Waals surface area (Å²) in [7, 11) is 0. The Morgan fingerprint density at radius 1 is 1.17 bits per heavy atom. The van der Waals surface area contributed by atoms with Gasteiger partial charge in [0, 0.05) is 6.04 Å². The summed E-state index contributed by atoms with van der Waals surface area (Å²) >= 11 is 0. The summed E-state index contributed by atoms with van der Waals surface area (Å²) in [5, 5.41) is 3.39. The molecule has 1 aromatic carbocycles. The number of nitrogens with one attached hydrogen (secondary N) is 1. The fourth-order valence-electron chi connectivity index (χ4n) is 2.04. The number of aromatic nitrogens is 2. The summed E-state index contributed by atoms with van der Waals surface area (Å²) in [5.41, 5.74) is 7.65. The van der Waals surface area contributed by atoms with Gasteiger partial charge in [-0.25, -0.2) is 9.97 Å². The highest BCUT2D eigenvalue weighted by Gasteiger charge is 2.14. The van der Waals surface area contributed by atoms with Crippen LogP contribution in [-0.2, 0) is 0 Å². The minimum Gasteiger partial charge on any atom is -0.381 e. The van der Waals surface area contributed by atoms with Gasteiger partial charge in [0.15, 0.2) is 11.6 Å². The topological polar surface area (TPSA) is 63.8 Å². The number of fused-ring (bicyclic) bond motifs is 1. The second kappa shape index (κ2) is 5.21. The third-order valence-corrected chi connectivity index (χ3v) is 3.16. The number of rotatable bonds is 4. The van der Waals surface area contributed by atoms with E-state index in [2.05, 4.69) is 36.1 Å². The Labute approximate surface area is 108 Å². The molecule has 0 radical (unpaired) electrons. The second-order valence-corrected chi connectivity index (χ2v) is 4.85. The smallest absolute Gasteiger partial charge is 0.169 e. The van der Waals surface area contributed by atoms with Gasteiger partial charge in [0.1, 0.15) is 0 Å². The Morgan fingerprint density at radius 3 is 2.33 bits per heavy atom. The molecule has 1 aromatic heterocycles. The molecule has 4 heteroatoms. The fraction of sp³-hybridized carbons (Fsp3) is 0.429. The maximum Gasteiger partial charge on any atom is 0.169 e. The van der Waals surface area contributed by atoms with Gasteiger partial charge < -0.3 is 11.1 Å². The van der Waals surface area contributed by atoms with Crippen molar-refractivity contribution in [1.82, 2.24) is 9.97 Å². The van der Waals surface area contributed by atoms with Crippen LogP contribution in [0.15, 0.2) is 24.3 Å². The molecule has 1 atom stereocenters. The van der Waals surface area contributed by atoms with Crippen molar-refractivity contribution in [3.63, 3.8) is 0 Å². The van der Waals surface area contributed by atoms with E-state index < -0.39 is 0 Å². The van der Waals surface area contributed by atoms with E-state index in [9.17, 15) is 0 Å². The number of anilines is 2. The molecule has 3 N–H and O–H groups in total. The van der Waals surface area contributed by atoms with E-state index >= 15 is 0 Å². The van der Waals surface area contributed by atoms with E-state index in [0.717, 1.165) is 17.5 Å². The highest BCUT2D eigenvalue weighted by Crippen LogP contribution is 2.21. The van der Waals surface area contributed by atoms with Crippen LogP contribution < -0.4 is 11.1 Å². The van der Waals surface area contributed by atoms with Crippen LogP contribution >= 0.6 is 0 Å². The average Bonchev–Trinajstić information content (AvgIpc) is 2.35. The number of nitrogen functional groups attached to an aromatic ring is 1. The number of nitrogens with two attached hydrogens (primary N) is 1. The minimum absolute atomic E-state index is 0.364. The van der Waals surface area contributed by atoms with E-state index in [-0.39, 0.29) is 0 Å². The third kappa shape index (κ3) is 2.53. The zero-order valence-electron chi connectivity index (χ0n) is 11.1. The van der Waals surface area contributed by atoms with Gasteiger partial charge in [-0.3, -0.25) is 0 Å². The first-order chi connectivity index (χ1) is 8.61. The zero-order chi connectivity index (χ0) is 13.1. The quantitative estimate of drug-likeness (QED) is 0.867. The highest BCUT2D eigenvalue weighted by molar-refractivity contribution is 5.79. The van der Waals surface area contributed by atoms with Crippen molar-refractivity contribution in [2.45, 2.75) is 33.2 Å². The van der Waals surface area contributed by atoms with E-state index in [4.69, 9.17) is 5.73 Å². The maximum absolute atomic E-state index is 5.95. The van der Waals surface area contributed by atoms with Crippen molar-refractivity contribution in [3.8, 4) is 0 Å². The molecule has 0 saturated carbocycles. The lowest BCUT2D eigenvalue weighted by Crippen LogP contribution is -2.26. The molecule has 0 bridgehead atoms. The van der Waals surface area contributed by atoms with Crippen LogP contribution in [0.25, 0.3) is 11.0 Å². The molecule has 0 aliphatic rings. The molecule has 0 fully saturated rings. The summed E-state index contributed by atoms with van der Waals surface area (Å²) in [6.45, 7) is 6.53. The summed E-state index contributed by atoms with van der Waals surface area (Å²) in [6.07, 6.45) is 1.03. The summed E-state index contributed by atoms with van der Waals surface area (Å²) in [6, 6.07) is 8.12. The van der Waals surface area contributed by atoms with E-state index in [1.165, 1.54) is 0 Å². The lowest BCUT2D eigenvalue weighted by Gasteiger charge is -2.22. The Bertz CT molecular complexity index is 536. The summed E-state index contributed by atoms with van der Waals surface area (Å²) in [5.74, 6) is 1.68. The Hall–Kier alpha value is -1.84. The zero-order valence-corrected chi connectivity index (χ0v) is 11.1. The van der Waals surface area contributed by atoms with Gasteiger partial charge in [-0.2, -0.15) is 0 Å². The number of benzene rings is 1. The Morgan fingerprint density at radius 2 is 1.78 bits per heavy atom. The molecule has 0 saturated heterocycles. The van der Waals surface area contributed by atoms with Crippen LogP contribution in [0.2, 0.25) is 0 Å². The summed E-state index contributed by atoms with van der Waals surface area (Å²) in [4.78, 5) is 8.92. The van der Waals surface area contributed by atoms with Gasteiger partial charge in [-0.1, -0.05) is 32.9 Å². The first-order valence-corrected chi connectivity index (χ1v) is 6.40. The normalized spacial score (nSPS) is 12.9. The van der Waals surface area contributed by atoms with Gasteiger partial charge in [0.05, 0.1) is 11.0 Å². The third-order valence-electron chi connectivity index (χ3n) is 3.16. The number of hydrogen-bond donors (Lipinski definition) is 2. The van der Waals surface area contributed by atoms with Gasteiger partial charge in [-0.05, 0) is 24.5 Å². The molecule has 2 aromatic rings. The molecule has 4 nitrogen and oxygen atoms in total. The molecule has 0 amide bonds. The Balaban J connectivity index is 2.35. The van der Waals surface area contributed by atoms with Crippen LogP contribution in [0.3, 0.4) is 0 Å². The molecule has 0 aliphatic heterocycles. The minimum atomic E-state index is 0.364. The average molecular weight is 244 g/mol. The van der Waals surface area contributed by atoms with Gasteiger partial charge in [0.2, 0.25) is 0 Å². The first kappa shape index (κ1) is 12.6. The predicted octanol–water partition coefficient (Wildman–Crippen LogP) is 3.06. The second-order valence-electron chi connectivity index (χ2n) is 4.85. The van der Waals surface area contributed by atoms with Crippen molar-refractivity contribution < 1.29 is 0 Å². The van der Waals surface area contributed by atoms with Crippen LogP contribution in [0.4, 0.5) is 11.6 Å². The van der Waals surface area contributed by atoms with Crippen LogP contribution in [0, 0.1) is 5.92 Å². The largest absolute Gasteiger partial charge is 0.381 e. The number of nitrogens with zero attached hydrogens (tertiary/aromatic N) is 2. The van der Waals surface area contributed by atoms with E-state index in [1.807, 2.05) is 24.3 Å². The monoisotopic (exact) mass is 244 g/mol. The van der Waals surface area contributed by atoms with Crippen molar-refractivity contribution >= 4 is 22.7 Å². The molecule has 1 unspecified atom stereocenters. The van der Waals surface area contributed by atoms with Crippen LogP contribution in [0.5, 0.6) is 0 Å². The predicted molar refractivity (Wildman–Crippen MR) is 76.5 cm³/mol. The molecule has 1 heterocycles. The molecule has 18 heavy (non-hydrogen) atoms. The van der Waals surface area contributed by atoms with Crippen LogP contribution in [0.1, 0.15) is 27.2 Å². The van der Waals surface area contributed by atoms with Gasteiger partial charge in [-0.15, -0.1) is 0 Å². The van der Waals surface area contributed by atoms with Crippen molar-refractivity contribution in [2.75, 3.05) is 11.1 Å². The molecular formula is C14H20N4. The number of hydrogen-bond acceptors (Lipinski definition) is 4. The van der Waals surface area contributed by atoms with Crippen LogP contribution in [-0.4, -0.2) is 16.0 Å². The standard InChI is InChI=1S/C14H20N4/c1-4-10(9(2)3)17-14-13(15)16-11-7-5-6-8-12(11)18-14/h5-10H,4H2,1-3H3,(H2,15,16)(H,17,18). The highest BCUT2D eigenvalue weighted by atomic mass is 15.1. The molecular weight excluding hydrogens is 224 g/mol. The Kier molecular flexibility index (Phi) is 3.65. The maximum atomic E-state index is 5.95. The van der Waals surface area contributed by atoms with Crippen molar-refractivity contribution in [1.29, 1.82) is 0 Å². The van der Waals surface area contributed by atoms with E-state index in [0.29, 0.717) is 23.6 Å². The lowest BCUT2D eigenvalue weighted by atomic mass is 10.0. The van der Waals surface area contributed by atoms with Gasteiger partial charge >= 0.3 is 0 Å². The van der Waals surface area contributed by atoms with Gasteiger partial charge in [0.25, 0.3) is 0 Å². The van der Waals surface area contributed by atoms with Crippen molar-refractivity contribution in [3.05, 3.63) is 24.3 Å². The fourth-order valence-corrected chi connectivity index (χ4v) is 2.04. The SMILES string of the molecule is CCC(Nc1nc2ccccc2nc1N)C(C)C. The molecule has 0 spiro atoms. The molecule has 2 rings (SSSR count). The lowest BCUT2D eigenvalue weighted by molar-refractivity contribution is 0.510. The van der Waals surface area contributed by atoms with E-state index in [1.54, 1.807) is 0 Å². The van der Waals surface area contributed by atoms with Crippen molar-refractivity contribution in [2.24, 2.45) is 5.92 Å². The first-order valence-electron chi connectivity index (χ1n) is 6.40. The molecule has 0 aliphatic carbocycles. The molecule has 96 valence electrons.